The molecule has 1 saturated heterocycles. The third-order valence-electron chi connectivity index (χ3n) is 7.65. The molecule has 0 unspecified atom stereocenters. The molecule has 1 aliphatic heterocycles. The van der Waals surface area contributed by atoms with Gasteiger partial charge in [0.05, 0.1) is 7.11 Å². The number of rotatable bonds is 9. The summed E-state index contributed by atoms with van der Waals surface area (Å²) in [7, 11) is -0.0102. The summed E-state index contributed by atoms with van der Waals surface area (Å²) >= 11 is 0. The van der Waals surface area contributed by atoms with Crippen LogP contribution in [-0.4, -0.2) is 64.6 Å². The maximum absolute atomic E-state index is 6.40. The Kier molecular flexibility index (Phi) is 8.22. The smallest absolute Gasteiger partial charge is 0.192 e. The fraction of sp³-hybridized carbons (Fsp3) is 0.483. The summed E-state index contributed by atoms with van der Waals surface area (Å²) in [6, 6.07) is 16.3. The average Bonchev–Trinajstić information content (AvgIpc) is 2.87. The number of ether oxygens (including phenoxy) is 2. The Balaban J connectivity index is 1.37. The molecule has 0 spiro atoms. The van der Waals surface area contributed by atoms with Gasteiger partial charge in [0.15, 0.2) is 8.32 Å². The molecule has 0 N–H and O–H groups in total. The van der Waals surface area contributed by atoms with Crippen LogP contribution < -0.4 is 14.4 Å². The Morgan fingerprint density at radius 1 is 0.944 bits per heavy atom. The van der Waals surface area contributed by atoms with Crippen molar-refractivity contribution in [3.8, 4) is 11.5 Å². The van der Waals surface area contributed by atoms with Gasteiger partial charge in [-0.1, -0.05) is 45.0 Å². The van der Waals surface area contributed by atoms with Crippen LogP contribution in [0.25, 0.3) is 10.9 Å². The van der Waals surface area contributed by atoms with Gasteiger partial charge in [-0.15, -0.1) is 0 Å². The van der Waals surface area contributed by atoms with E-state index in [4.69, 9.17) is 13.9 Å². The number of pyridine rings is 1. The monoisotopic (exact) mass is 507 g/mol. The summed E-state index contributed by atoms with van der Waals surface area (Å²) in [5, 5.41) is 1.39. The van der Waals surface area contributed by atoms with E-state index in [0.29, 0.717) is 6.61 Å². The van der Waals surface area contributed by atoms with Gasteiger partial charge in [-0.25, -0.2) is 0 Å². The van der Waals surface area contributed by atoms with Crippen LogP contribution in [0.5, 0.6) is 11.5 Å². The summed E-state index contributed by atoms with van der Waals surface area (Å²) in [5.74, 6) is 1.66. The molecule has 1 aromatic heterocycles. The summed E-state index contributed by atoms with van der Waals surface area (Å²) in [6.07, 6.45) is 1.90. The number of benzene rings is 2. The summed E-state index contributed by atoms with van der Waals surface area (Å²) in [4.78, 5) is 9.68. The molecule has 4 rings (SSSR count). The highest BCUT2D eigenvalue weighted by Crippen LogP contribution is 2.36. The van der Waals surface area contributed by atoms with Crippen LogP contribution >= 0.6 is 0 Å². The minimum Gasteiger partial charge on any atom is -0.497 e. The third kappa shape index (κ3) is 6.20. The average molecular weight is 508 g/mol. The maximum Gasteiger partial charge on any atom is 0.192 e. The molecular weight excluding hydrogens is 466 g/mol. The van der Waals surface area contributed by atoms with Crippen LogP contribution in [0.3, 0.4) is 0 Å². The number of para-hydroxylation sites is 1. The molecule has 0 amide bonds. The first-order valence-corrected chi connectivity index (χ1v) is 15.8. The van der Waals surface area contributed by atoms with E-state index in [9.17, 15) is 0 Å². The molecule has 6 nitrogen and oxygen atoms in total. The van der Waals surface area contributed by atoms with Gasteiger partial charge in [0, 0.05) is 56.6 Å². The molecule has 2 aromatic carbocycles. The van der Waals surface area contributed by atoms with E-state index in [1.165, 1.54) is 5.69 Å². The lowest BCUT2D eigenvalue weighted by Crippen LogP contribution is -2.48. The maximum atomic E-state index is 6.40. The minimum atomic E-state index is -1.69. The molecule has 0 radical (unpaired) electrons. The number of piperazine rings is 1. The number of anilines is 1. The number of aromatic nitrogens is 1. The quantitative estimate of drug-likeness (QED) is 0.333. The zero-order valence-electron chi connectivity index (χ0n) is 22.7. The predicted octanol–water partition coefficient (Wildman–Crippen LogP) is 5.97. The van der Waals surface area contributed by atoms with Crippen LogP contribution in [0.2, 0.25) is 18.1 Å². The van der Waals surface area contributed by atoms with Gasteiger partial charge in [0.25, 0.3) is 0 Å². The SMILES string of the molecule is COc1ccc(COc2cccc3c(N4CCN(CCO[Si](C)(C)C(C)(C)C)CC4)ccnc23)cc1. The van der Waals surface area contributed by atoms with E-state index in [1.807, 2.05) is 36.5 Å². The van der Waals surface area contributed by atoms with Gasteiger partial charge in [0.1, 0.15) is 23.6 Å². The third-order valence-corrected chi connectivity index (χ3v) is 12.2. The minimum absolute atomic E-state index is 0.255. The first-order valence-electron chi connectivity index (χ1n) is 12.9. The van der Waals surface area contributed by atoms with Gasteiger partial charge in [-0.3, -0.25) is 9.88 Å². The molecule has 0 saturated carbocycles. The Morgan fingerprint density at radius 3 is 2.33 bits per heavy atom. The van der Waals surface area contributed by atoms with Gasteiger partial charge >= 0.3 is 0 Å². The zero-order chi connectivity index (χ0) is 25.8. The molecule has 194 valence electrons. The van der Waals surface area contributed by atoms with E-state index in [2.05, 4.69) is 66.8 Å². The van der Waals surface area contributed by atoms with Crippen molar-refractivity contribution in [2.45, 2.75) is 45.5 Å². The summed E-state index contributed by atoms with van der Waals surface area (Å²) in [6.45, 7) is 17.9. The van der Waals surface area contributed by atoms with Crippen molar-refractivity contribution in [3.63, 3.8) is 0 Å². The van der Waals surface area contributed by atoms with Crippen molar-refractivity contribution in [1.82, 2.24) is 9.88 Å². The highest BCUT2D eigenvalue weighted by molar-refractivity contribution is 6.74. The zero-order valence-corrected chi connectivity index (χ0v) is 23.7. The van der Waals surface area contributed by atoms with Crippen LogP contribution in [0, 0.1) is 0 Å². The van der Waals surface area contributed by atoms with Crippen molar-refractivity contribution in [2.24, 2.45) is 0 Å². The molecule has 0 bridgehead atoms. The second-order valence-corrected chi connectivity index (χ2v) is 15.9. The van der Waals surface area contributed by atoms with Crippen LogP contribution in [0.1, 0.15) is 26.3 Å². The second-order valence-electron chi connectivity index (χ2n) is 11.1. The molecular formula is C29H41N3O3Si. The van der Waals surface area contributed by atoms with Gasteiger partial charge < -0.3 is 18.8 Å². The Bertz CT molecular complexity index is 1140. The lowest BCUT2D eigenvalue weighted by Gasteiger charge is -2.39. The van der Waals surface area contributed by atoms with Crippen LogP contribution in [-0.2, 0) is 11.0 Å². The highest BCUT2D eigenvalue weighted by atomic mass is 28.4. The van der Waals surface area contributed by atoms with Gasteiger partial charge in [-0.2, -0.15) is 0 Å². The van der Waals surface area contributed by atoms with E-state index < -0.39 is 8.32 Å². The Labute approximate surface area is 217 Å². The summed E-state index contributed by atoms with van der Waals surface area (Å²) in [5.41, 5.74) is 3.23. The van der Waals surface area contributed by atoms with Crippen LogP contribution in [0.15, 0.2) is 54.7 Å². The lowest BCUT2D eigenvalue weighted by molar-refractivity contribution is 0.191. The van der Waals surface area contributed by atoms with Crippen molar-refractivity contribution in [1.29, 1.82) is 0 Å². The second kappa shape index (κ2) is 11.2. The lowest BCUT2D eigenvalue weighted by atomic mass is 10.1. The van der Waals surface area contributed by atoms with E-state index in [-0.39, 0.29) is 5.04 Å². The van der Waals surface area contributed by atoms with Crippen molar-refractivity contribution >= 4 is 24.9 Å². The standard InChI is InChI=1S/C29H41N3O3Si/c1-29(2,3)36(5,6)35-21-20-31-16-18-32(19-17-31)26-14-15-30-28-25(26)8-7-9-27(28)34-22-23-10-12-24(33-4)13-11-23/h7-15H,16-22H2,1-6H3. The van der Waals surface area contributed by atoms with Crippen molar-refractivity contribution in [2.75, 3.05) is 51.3 Å². The molecule has 0 atom stereocenters. The number of fused-ring (bicyclic) bond motifs is 1. The Hall–Kier alpha value is -2.61. The van der Waals surface area contributed by atoms with Crippen molar-refractivity contribution < 1.29 is 13.9 Å². The first-order chi connectivity index (χ1) is 17.2. The molecule has 7 heteroatoms. The van der Waals surface area contributed by atoms with E-state index in [1.54, 1.807) is 7.11 Å². The number of hydrogen-bond donors (Lipinski definition) is 0. The van der Waals surface area contributed by atoms with Crippen molar-refractivity contribution in [3.05, 3.63) is 60.3 Å². The first kappa shape index (κ1) is 26.4. The predicted molar refractivity (Wildman–Crippen MR) is 151 cm³/mol. The van der Waals surface area contributed by atoms with Crippen LogP contribution in [0.4, 0.5) is 5.69 Å². The number of nitrogens with zero attached hydrogens (tertiary/aromatic N) is 3. The topological polar surface area (TPSA) is 47.1 Å². The molecule has 1 aliphatic rings. The largest absolute Gasteiger partial charge is 0.497 e. The van der Waals surface area contributed by atoms with E-state index in [0.717, 1.165) is 67.3 Å². The highest BCUT2D eigenvalue weighted by Gasteiger charge is 2.37. The van der Waals surface area contributed by atoms with Gasteiger partial charge in [0.2, 0.25) is 0 Å². The fourth-order valence-corrected chi connectivity index (χ4v) is 5.30. The van der Waals surface area contributed by atoms with E-state index >= 15 is 0 Å². The fourth-order valence-electron chi connectivity index (χ4n) is 4.27. The van der Waals surface area contributed by atoms with Gasteiger partial charge in [-0.05, 0) is 48.0 Å². The normalized spacial score (nSPS) is 15.3. The number of methoxy groups -OCH3 is 1. The summed E-state index contributed by atoms with van der Waals surface area (Å²) < 4.78 is 17.8. The molecule has 3 aromatic rings. The molecule has 1 fully saturated rings. The molecule has 36 heavy (non-hydrogen) atoms. The molecule has 0 aliphatic carbocycles. The molecule has 2 heterocycles. The number of hydrogen-bond acceptors (Lipinski definition) is 6. The Morgan fingerprint density at radius 2 is 1.67 bits per heavy atom.